The first kappa shape index (κ1) is 16.4. The van der Waals surface area contributed by atoms with Gasteiger partial charge in [0.25, 0.3) is 0 Å². The van der Waals surface area contributed by atoms with Gasteiger partial charge in [0.15, 0.2) is 0 Å². The van der Waals surface area contributed by atoms with Crippen molar-refractivity contribution in [3.05, 3.63) is 91.0 Å². The molecule has 3 aromatic carbocycles. The fourth-order valence-corrected chi connectivity index (χ4v) is 10.6. The van der Waals surface area contributed by atoms with E-state index in [9.17, 15) is 0 Å². The molecule has 118 valence electrons. The summed E-state index contributed by atoms with van der Waals surface area (Å²) in [5.74, 6) is 0. The van der Waals surface area contributed by atoms with Crippen molar-refractivity contribution < 1.29 is 0 Å². The molecule has 0 atom stereocenters. The quantitative estimate of drug-likeness (QED) is 0.664. The van der Waals surface area contributed by atoms with Crippen molar-refractivity contribution in [1.82, 2.24) is 0 Å². The third kappa shape index (κ3) is 2.65. The van der Waals surface area contributed by atoms with Crippen LogP contribution in [0.4, 0.5) is 0 Å². The number of hydrogen-bond donors (Lipinski definition) is 1. The molecule has 0 aliphatic carbocycles. The molecular weight excluding hydrogens is 365 g/mol. The number of benzene rings is 3. The molecule has 0 saturated carbocycles. The topological polar surface area (TPSA) is 26.0 Å². The molecule has 0 amide bonds. The van der Waals surface area contributed by atoms with Gasteiger partial charge in [0.05, 0.1) is 0 Å². The van der Waals surface area contributed by atoms with Crippen LogP contribution in [0.3, 0.4) is 0 Å². The SMILES string of the molecule is NCCP(Br)(c1ccccc1)(c1ccccc1)c1ccccc1. The third-order valence-electron chi connectivity index (χ3n) is 4.43. The zero-order chi connectivity index (χ0) is 16.2. The van der Waals surface area contributed by atoms with E-state index in [1.807, 2.05) is 0 Å². The van der Waals surface area contributed by atoms with E-state index in [4.69, 9.17) is 5.73 Å². The van der Waals surface area contributed by atoms with Crippen LogP contribution in [0.5, 0.6) is 0 Å². The van der Waals surface area contributed by atoms with Gasteiger partial charge in [-0.05, 0) is 0 Å². The van der Waals surface area contributed by atoms with Gasteiger partial charge in [0.2, 0.25) is 0 Å². The van der Waals surface area contributed by atoms with E-state index < -0.39 is 5.31 Å². The van der Waals surface area contributed by atoms with Crippen LogP contribution < -0.4 is 21.6 Å². The second kappa shape index (κ2) is 6.57. The molecule has 23 heavy (non-hydrogen) atoms. The van der Waals surface area contributed by atoms with Gasteiger partial charge >= 0.3 is 146 Å². The fourth-order valence-electron chi connectivity index (χ4n) is 3.29. The number of nitrogens with two attached hydrogens (primary N) is 1. The van der Waals surface area contributed by atoms with Crippen molar-refractivity contribution in [2.75, 3.05) is 12.7 Å². The Bertz CT molecular complexity index is 660. The van der Waals surface area contributed by atoms with Gasteiger partial charge in [-0.3, -0.25) is 0 Å². The monoisotopic (exact) mass is 385 g/mol. The second-order valence-corrected chi connectivity index (χ2v) is 14.8. The Hall–Kier alpha value is -1.47. The summed E-state index contributed by atoms with van der Waals surface area (Å²) < 4.78 is 0. The minimum absolute atomic E-state index is 0.627. The fraction of sp³-hybridized carbons (Fsp3) is 0.100. The van der Waals surface area contributed by atoms with E-state index in [0.717, 1.165) is 6.16 Å². The summed E-state index contributed by atoms with van der Waals surface area (Å²) in [5, 5.41) is 1.22. The Morgan fingerprint density at radius 2 is 0.913 bits per heavy atom. The number of hydrogen-bond acceptors (Lipinski definition) is 1. The second-order valence-electron chi connectivity index (χ2n) is 5.70. The maximum absolute atomic E-state index is 6.11. The molecule has 0 heterocycles. The maximum atomic E-state index is 6.11. The van der Waals surface area contributed by atoms with Crippen LogP contribution in [0.2, 0.25) is 0 Å². The van der Waals surface area contributed by atoms with E-state index in [0.29, 0.717) is 6.54 Å². The average Bonchev–Trinajstić information content (AvgIpc) is 2.64. The van der Waals surface area contributed by atoms with Crippen molar-refractivity contribution in [2.45, 2.75) is 0 Å². The summed E-state index contributed by atoms with van der Waals surface area (Å²) in [6.45, 7) is 0.627. The van der Waals surface area contributed by atoms with E-state index in [2.05, 4.69) is 106 Å². The summed E-state index contributed by atoms with van der Waals surface area (Å²) in [4.78, 5) is 0. The molecule has 0 aliphatic heterocycles. The molecule has 3 rings (SSSR count). The van der Waals surface area contributed by atoms with Gasteiger partial charge in [-0.2, -0.15) is 0 Å². The number of halogens is 1. The molecule has 0 radical (unpaired) electrons. The summed E-state index contributed by atoms with van der Waals surface area (Å²) >= 11 is 4.33. The van der Waals surface area contributed by atoms with E-state index in [1.165, 1.54) is 15.9 Å². The van der Waals surface area contributed by atoms with Gasteiger partial charge in [-0.1, -0.05) is 0 Å². The summed E-state index contributed by atoms with van der Waals surface area (Å²) in [6.07, 6.45) is 0.892. The molecule has 0 aliphatic rings. The van der Waals surface area contributed by atoms with Crippen molar-refractivity contribution >= 4 is 36.7 Å². The molecule has 1 nitrogen and oxygen atoms in total. The van der Waals surface area contributed by atoms with Gasteiger partial charge in [-0.25, -0.2) is 0 Å². The minimum atomic E-state index is -2.74. The van der Waals surface area contributed by atoms with E-state index in [-0.39, 0.29) is 0 Å². The van der Waals surface area contributed by atoms with Gasteiger partial charge in [-0.15, -0.1) is 0 Å². The Balaban J connectivity index is 2.41. The van der Waals surface area contributed by atoms with Crippen molar-refractivity contribution in [2.24, 2.45) is 5.73 Å². The molecule has 0 unspecified atom stereocenters. The molecule has 0 aromatic heterocycles. The summed E-state index contributed by atoms with van der Waals surface area (Å²) in [5.41, 5.74) is 6.11. The zero-order valence-corrected chi connectivity index (χ0v) is 15.5. The Kier molecular flexibility index (Phi) is 4.68. The van der Waals surface area contributed by atoms with E-state index >= 15 is 0 Å². The third-order valence-corrected chi connectivity index (χ3v) is 14.4. The molecule has 0 bridgehead atoms. The first-order valence-corrected chi connectivity index (χ1v) is 12.2. The standard InChI is InChI=1S/C20H21BrNP/c21-23(17-16-22,18-10-4-1-5-11-18,19-12-6-2-7-13-19)20-14-8-3-9-15-20/h1-15H,16-17,22H2. The first-order valence-electron chi connectivity index (χ1n) is 7.80. The average molecular weight is 386 g/mol. The van der Waals surface area contributed by atoms with Crippen molar-refractivity contribution in [3.63, 3.8) is 0 Å². The summed E-state index contributed by atoms with van der Waals surface area (Å²) in [6, 6.07) is 32.2. The predicted molar refractivity (Wildman–Crippen MR) is 108 cm³/mol. The van der Waals surface area contributed by atoms with Crippen molar-refractivity contribution in [3.8, 4) is 0 Å². The van der Waals surface area contributed by atoms with Crippen LogP contribution in [-0.4, -0.2) is 12.7 Å². The Labute approximate surface area is 146 Å². The Morgan fingerprint density at radius 3 is 1.17 bits per heavy atom. The molecule has 3 heteroatoms. The van der Waals surface area contributed by atoms with Crippen LogP contribution in [0.15, 0.2) is 91.0 Å². The zero-order valence-electron chi connectivity index (χ0n) is 13.0. The Morgan fingerprint density at radius 1 is 0.609 bits per heavy atom. The van der Waals surface area contributed by atoms with Gasteiger partial charge in [0.1, 0.15) is 0 Å². The van der Waals surface area contributed by atoms with Crippen LogP contribution in [0.25, 0.3) is 0 Å². The summed E-state index contributed by atoms with van der Waals surface area (Å²) in [7, 11) is 0. The van der Waals surface area contributed by atoms with Crippen molar-refractivity contribution in [1.29, 1.82) is 0 Å². The number of rotatable bonds is 5. The molecule has 0 fully saturated rings. The van der Waals surface area contributed by atoms with Gasteiger partial charge < -0.3 is 0 Å². The normalized spacial score (nSPS) is 13.2. The van der Waals surface area contributed by atoms with Gasteiger partial charge in [0, 0.05) is 0 Å². The van der Waals surface area contributed by atoms with E-state index in [1.54, 1.807) is 0 Å². The van der Waals surface area contributed by atoms with Crippen LogP contribution in [0, 0.1) is 0 Å². The molecule has 0 saturated heterocycles. The predicted octanol–water partition coefficient (Wildman–Crippen LogP) is 3.78. The molecule has 2 N–H and O–H groups in total. The first-order chi connectivity index (χ1) is 11.2. The van der Waals surface area contributed by atoms with Crippen LogP contribution in [-0.2, 0) is 0 Å². The van der Waals surface area contributed by atoms with Crippen LogP contribution >= 0.6 is 20.8 Å². The molecule has 0 spiro atoms. The molecular formula is C20H21BrNP. The molecule has 3 aromatic rings. The van der Waals surface area contributed by atoms with Crippen LogP contribution in [0.1, 0.15) is 0 Å².